The van der Waals surface area contributed by atoms with E-state index >= 15 is 0 Å². The van der Waals surface area contributed by atoms with Crippen LogP contribution in [-0.4, -0.2) is 5.11 Å². The number of rotatable bonds is 3. The lowest BCUT2D eigenvalue weighted by Crippen LogP contribution is -2.27. The molecule has 24 heavy (non-hydrogen) atoms. The summed E-state index contributed by atoms with van der Waals surface area (Å²) in [5.74, 6) is 0. The summed E-state index contributed by atoms with van der Waals surface area (Å²) in [6.07, 6.45) is 0. The van der Waals surface area contributed by atoms with Gasteiger partial charge in [-0.15, -0.1) is 0 Å². The van der Waals surface area contributed by atoms with Crippen LogP contribution < -0.4 is 16.3 Å². The lowest BCUT2D eigenvalue weighted by Gasteiger charge is -2.11. The first-order chi connectivity index (χ1) is 11.5. The number of fused-ring (bicyclic) bond motifs is 1. The van der Waals surface area contributed by atoms with Gasteiger partial charge in [-0.25, -0.2) is 4.79 Å². The Balaban J connectivity index is 1.70. The second-order valence-electron chi connectivity index (χ2n) is 5.40. The molecule has 3 aromatic rings. The Labute approximate surface area is 149 Å². The number of hydrogen-bond acceptors (Lipinski definition) is 3. The van der Waals surface area contributed by atoms with Gasteiger partial charge in [-0.05, 0) is 54.5 Å². The zero-order chi connectivity index (χ0) is 17.1. The molecule has 2 N–H and O–H groups in total. The van der Waals surface area contributed by atoms with Gasteiger partial charge in [-0.3, -0.25) is 0 Å². The normalized spacial score (nSPS) is 10.6. The summed E-state index contributed by atoms with van der Waals surface area (Å²) in [6, 6.07) is 14.6. The molecular weight excluding hydrogens is 344 g/mol. The molecule has 0 aliphatic heterocycles. The average molecular weight is 359 g/mol. The van der Waals surface area contributed by atoms with Crippen LogP contribution in [0.25, 0.3) is 11.0 Å². The quantitative estimate of drug-likeness (QED) is 0.541. The van der Waals surface area contributed by atoms with E-state index in [0.29, 0.717) is 22.3 Å². The Kier molecular flexibility index (Phi) is 4.83. The third-order valence-corrected chi connectivity index (χ3v) is 4.03. The van der Waals surface area contributed by atoms with Crippen molar-refractivity contribution < 1.29 is 4.42 Å². The van der Waals surface area contributed by atoms with Crippen molar-refractivity contribution in [3.8, 4) is 0 Å². The lowest BCUT2D eigenvalue weighted by molar-refractivity contribution is 0.560. The van der Waals surface area contributed by atoms with Gasteiger partial charge in [-0.1, -0.05) is 23.7 Å². The van der Waals surface area contributed by atoms with Crippen molar-refractivity contribution in [2.45, 2.75) is 13.5 Å². The molecule has 3 rings (SSSR count). The second-order valence-corrected chi connectivity index (χ2v) is 6.24. The van der Waals surface area contributed by atoms with Crippen LogP contribution in [0, 0.1) is 6.92 Å². The van der Waals surface area contributed by atoms with Gasteiger partial charge in [-0.2, -0.15) is 0 Å². The highest BCUT2D eigenvalue weighted by Gasteiger charge is 2.05. The number of thiocarbonyl (C=S) groups is 1. The molecule has 0 saturated heterocycles. The van der Waals surface area contributed by atoms with Gasteiger partial charge in [0.1, 0.15) is 5.58 Å². The maximum Gasteiger partial charge on any atom is 0.336 e. The summed E-state index contributed by atoms with van der Waals surface area (Å²) in [5, 5.41) is 8.26. The third kappa shape index (κ3) is 3.93. The Hall–Kier alpha value is -2.37. The van der Waals surface area contributed by atoms with Gasteiger partial charge >= 0.3 is 5.63 Å². The zero-order valence-electron chi connectivity index (χ0n) is 12.9. The van der Waals surface area contributed by atoms with Gasteiger partial charge in [0.15, 0.2) is 5.11 Å². The molecule has 0 bridgehead atoms. The third-order valence-electron chi connectivity index (χ3n) is 3.55. The van der Waals surface area contributed by atoms with Crippen molar-refractivity contribution >= 4 is 45.6 Å². The van der Waals surface area contributed by atoms with Crippen molar-refractivity contribution in [1.29, 1.82) is 0 Å². The summed E-state index contributed by atoms with van der Waals surface area (Å²) in [5.41, 5.74) is 2.84. The lowest BCUT2D eigenvalue weighted by atomic mass is 10.1. The number of nitrogens with one attached hydrogen (secondary N) is 2. The van der Waals surface area contributed by atoms with Gasteiger partial charge < -0.3 is 15.1 Å². The summed E-state index contributed by atoms with van der Waals surface area (Å²) in [6.45, 7) is 2.44. The fourth-order valence-corrected chi connectivity index (χ4v) is 2.81. The standard InChI is InChI=1S/C18H15ClN2O2S/c1-11-7-17(22)23-16-9-14(5-6-15(11)16)21-18(24)20-10-12-3-2-4-13(19)8-12/h2-9H,10H2,1H3,(H2,20,21,24). The molecule has 0 spiro atoms. The molecular formula is C18H15ClN2O2S. The summed E-state index contributed by atoms with van der Waals surface area (Å²) < 4.78 is 5.23. The van der Waals surface area contributed by atoms with E-state index < -0.39 is 0 Å². The highest BCUT2D eigenvalue weighted by molar-refractivity contribution is 7.80. The molecule has 0 aliphatic rings. The van der Waals surface area contributed by atoms with E-state index in [1.807, 2.05) is 43.3 Å². The van der Waals surface area contributed by atoms with Crippen molar-refractivity contribution in [2.75, 3.05) is 5.32 Å². The van der Waals surface area contributed by atoms with E-state index in [9.17, 15) is 4.79 Å². The number of benzene rings is 2. The van der Waals surface area contributed by atoms with Crippen LogP contribution in [-0.2, 0) is 6.54 Å². The Morgan fingerprint density at radius 2 is 2.04 bits per heavy atom. The monoisotopic (exact) mass is 358 g/mol. The van der Waals surface area contributed by atoms with E-state index in [-0.39, 0.29) is 5.63 Å². The number of halogens is 1. The number of hydrogen-bond donors (Lipinski definition) is 2. The van der Waals surface area contributed by atoms with Crippen molar-refractivity contribution in [3.63, 3.8) is 0 Å². The molecule has 0 atom stereocenters. The van der Waals surface area contributed by atoms with Gasteiger partial charge in [0.2, 0.25) is 0 Å². The van der Waals surface area contributed by atoms with Crippen molar-refractivity contribution in [1.82, 2.24) is 5.32 Å². The molecule has 122 valence electrons. The van der Waals surface area contributed by atoms with Crippen LogP contribution in [0.15, 0.2) is 57.7 Å². The number of anilines is 1. The van der Waals surface area contributed by atoms with E-state index in [1.165, 1.54) is 6.07 Å². The fourth-order valence-electron chi connectivity index (χ4n) is 2.41. The van der Waals surface area contributed by atoms with Gasteiger partial charge in [0, 0.05) is 34.8 Å². The van der Waals surface area contributed by atoms with E-state index in [2.05, 4.69) is 10.6 Å². The highest BCUT2D eigenvalue weighted by atomic mass is 35.5. The Bertz CT molecular complexity index is 969. The topological polar surface area (TPSA) is 54.3 Å². The summed E-state index contributed by atoms with van der Waals surface area (Å²) in [4.78, 5) is 11.5. The van der Waals surface area contributed by atoms with Crippen LogP contribution in [0.5, 0.6) is 0 Å². The summed E-state index contributed by atoms with van der Waals surface area (Å²) in [7, 11) is 0. The molecule has 0 amide bonds. The molecule has 2 aromatic carbocycles. The predicted molar refractivity (Wildman–Crippen MR) is 102 cm³/mol. The van der Waals surface area contributed by atoms with Crippen LogP contribution in [0.1, 0.15) is 11.1 Å². The first-order valence-corrected chi connectivity index (χ1v) is 8.14. The smallest absolute Gasteiger partial charge is 0.336 e. The molecule has 0 unspecified atom stereocenters. The van der Waals surface area contributed by atoms with Crippen LogP contribution >= 0.6 is 23.8 Å². The SMILES string of the molecule is Cc1cc(=O)oc2cc(NC(=S)NCc3cccc(Cl)c3)ccc12. The minimum Gasteiger partial charge on any atom is -0.423 e. The molecule has 0 saturated carbocycles. The second kappa shape index (κ2) is 7.03. The fraction of sp³-hybridized carbons (Fsp3) is 0.111. The predicted octanol–water partition coefficient (Wildman–Crippen LogP) is 4.24. The van der Waals surface area contributed by atoms with Crippen LogP contribution in [0.4, 0.5) is 5.69 Å². The van der Waals surface area contributed by atoms with Crippen molar-refractivity contribution in [3.05, 3.63) is 75.1 Å². The van der Waals surface area contributed by atoms with E-state index in [1.54, 1.807) is 6.07 Å². The highest BCUT2D eigenvalue weighted by Crippen LogP contribution is 2.20. The Morgan fingerprint density at radius 1 is 1.21 bits per heavy atom. The number of aryl methyl sites for hydroxylation is 1. The van der Waals surface area contributed by atoms with E-state index in [0.717, 1.165) is 22.2 Å². The van der Waals surface area contributed by atoms with Gasteiger partial charge in [0.25, 0.3) is 0 Å². The Morgan fingerprint density at radius 3 is 2.83 bits per heavy atom. The average Bonchev–Trinajstić information content (AvgIpc) is 2.52. The maximum atomic E-state index is 11.5. The molecule has 4 nitrogen and oxygen atoms in total. The zero-order valence-corrected chi connectivity index (χ0v) is 14.5. The minimum absolute atomic E-state index is 0.362. The first kappa shape index (κ1) is 16.5. The molecule has 0 radical (unpaired) electrons. The minimum atomic E-state index is -0.362. The maximum absolute atomic E-state index is 11.5. The van der Waals surface area contributed by atoms with Crippen LogP contribution in [0.3, 0.4) is 0 Å². The van der Waals surface area contributed by atoms with Gasteiger partial charge in [0.05, 0.1) is 0 Å². The largest absolute Gasteiger partial charge is 0.423 e. The first-order valence-electron chi connectivity index (χ1n) is 7.35. The molecule has 1 heterocycles. The van der Waals surface area contributed by atoms with Crippen LogP contribution in [0.2, 0.25) is 5.02 Å². The molecule has 6 heteroatoms. The molecule has 1 aromatic heterocycles. The molecule has 0 aliphatic carbocycles. The van der Waals surface area contributed by atoms with Crippen molar-refractivity contribution in [2.24, 2.45) is 0 Å². The van der Waals surface area contributed by atoms with E-state index in [4.69, 9.17) is 28.2 Å². The molecule has 0 fully saturated rings. The summed E-state index contributed by atoms with van der Waals surface area (Å²) >= 11 is 11.3.